The summed E-state index contributed by atoms with van der Waals surface area (Å²) in [5, 5.41) is 11.7. The van der Waals surface area contributed by atoms with Gasteiger partial charge in [-0.1, -0.05) is 13.8 Å². The molecule has 0 fully saturated rings. The van der Waals surface area contributed by atoms with Gasteiger partial charge in [-0.2, -0.15) is 0 Å². The predicted octanol–water partition coefficient (Wildman–Crippen LogP) is 2.44. The van der Waals surface area contributed by atoms with Gasteiger partial charge in [0.05, 0.1) is 0 Å². The van der Waals surface area contributed by atoms with Gasteiger partial charge in [0.25, 0.3) is 5.91 Å². The van der Waals surface area contributed by atoms with Crippen molar-refractivity contribution in [1.82, 2.24) is 5.32 Å². The van der Waals surface area contributed by atoms with Crippen LogP contribution in [-0.4, -0.2) is 23.5 Å². The predicted molar refractivity (Wildman–Crippen MR) is 83.1 cm³/mol. The van der Waals surface area contributed by atoms with E-state index < -0.39 is 5.97 Å². The second kappa shape index (κ2) is 7.67. The Bertz CT molecular complexity index is 512. The summed E-state index contributed by atoms with van der Waals surface area (Å²) in [6.45, 7) is 6.30. The number of aliphatic carboxylic acids is 1. The maximum Gasteiger partial charge on any atom is 0.303 e. The molecule has 116 valence electrons. The average Bonchev–Trinajstić information content (AvgIpc) is 2.37. The highest BCUT2D eigenvalue weighted by molar-refractivity contribution is 5.94. The minimum atomic E-state index is -0.835. The van der Waals surface area contributed by atoms with Crippen LogP contribution in [0.4, 0.5) is 5.69 Å². The quantitative estimate of drug-likeness (QED) is 0.673. The van der Waals surface area contributed by atoms with E-state index in [9.17, 15) is 9.59 Å². The first-order chi connectivity index (χ1) is 9.79. The molecule has 0 aliphatic carbocycles. The molecule has 0 aliphatic rings. The third kappa shape index (κ3) is 5.85. The van der Waals surface area contributed by atoms with Crippen molar-refractivity contribution in [2.75, 3.05) is 12.3 Å². The highest BCUT2D eigenvalue weighted by Gasteiger charge is 2.16. The lowest BCUT2D eigenvalue weighted by molar-refractivity contribution is -0.138. The molecule has 4 N–H and O–H groups in total. The number of hydrogen-bond acceptors (Lipinski definition) is 3. The number of nitrogens with one attached hydrogen (secondary N) is 1. The van der Waals surface area contributed by atoms with E-state index in [4.69, 9.17) is 10.8 Å². The summed E-state index contributed by atoms with van der Waals surface area (Å²) < 4.78 is 0. The maximum absolute atomic E-state index is 12.1. The van der Waals surface area contributed by atoms with Gasteiger partial charge in [-0.25, -0.2) is 0 Å². The van der Waals surface area contributed by atoms with Crippen LogP contribution in [0.25, 0.3) is 0 Å². The fourth-order valence-electron chi connectivity index (χ4n) is 2.31. The van der Waals surface area contributed by atoms with Crippen LogP contribution in [0.3, 0.4) is 0 Å². The van der Waals surface area contributed by atoms with Crippen molar-refractivity contribution in [2.24, 2.45) is 11.8 Å². The second-order valence-electron chi connectivity index (χ2n) is 5.87. The monoisotopic (exact) mass is 292 g/mol. The van der Waals surface area contributed by atoms with Crippen LogP contribution in [0, 0.1) is 18.8 Å². The van der Waals surface area contributed by atoms with Crippen LogP contribution in [0.5, 0.6) is 0 Å². The zero-order valence-corrected chi connectivity index (χ0v) is 12.8. The van der Waals surface area contributed by atoms with Crippen molar-refractivity contribution >= 4 is 17.6 Å². The maximum atomic E-state index is 12.1. The van der Waals surface area contributed by atoms with Crippen molar-refractivity contribution in [2.45, 2.75) is 33.6 Å². The third-order valence-corrected chi connectivity index (χ3v) is 3.35. The number of hydrogen-bond donors (Lipinski definition) is 3. The van der Waals surface area contributed by atoms with E-state index in [1.54, 1.807) is 18.2 Å². The molecule has 1 amide bonds. The van der Waals surface area contributed by atoms with E-state index in [1.807, 2.05) is 20.8 Å². The number of amides is 1. The normalized spacial score (nSPS) is 12.2. The average molecular weight is 292 g/mol. The van der Waals surface area contributed by atoms with Crippen LogP contribution >= 0.6 is 0 Å². The number of anilines is 1. The smallest absolute Gasteiger partial charge is 0.303 e. The molecule has 1 aromatic carbocycles. The van der Waals surface area contributed by atoms with Gasteiger partial charge < -0.3 is 16.2 Å². The molecule has 1 rings (SSSR count). The van der Waals surface area contributed by atoms with E-state index in [0.717, 1.165) is 12.0 Å². The first kappa shape index (κ1) is 17.0. The zero-order valence-electron chi connectivity index (χ0n) is 12.8. The molecule has 1 atom stereocenters. The fourth-order valence-corrected chi connectivity index (χ4v) is 2.31. The van der Waals surface area contributed by atoms with Crippen LogP contribution in [0.1, 0.15) is 42.6 Å². The summed E-state index contributed by atoms with van der Waals surface area (Å²) in [5.74, 6) is -0.693. The summed E-state index contributed by atoms with van der Waals surface area (Å²) in [5.41, 5.74) is 7.77. The Morgan fingerprint density at radius 2 is 2.00 bits per heavy atom. The molecule has 0 bridgehead atoms. The van der Waals surface area contributed by atoms with Crippen molar-refractivity contribution in [1.29, 1.82) is 0 Å². The van der Waals surface area contributed by atoms with Gasteiger partial charge in [0.2, 0.25) is 0 Å². The highest BCUT2D eigenvalue weighted by atomic mass is 16.4. The van der Waals surface area contributed by atoms with Crippen molar-refractivity contribution < 1.29 is 14.7 Å². The number of benzene rings is 1. The number of carboxylic acid groups (broad SMARTS) is 1. The number of rotatable bonds is 7. The van der Waals surface area contributed by atoms with Crippen molar-refractivity contribution in [3.05, 3.63) is 29.3 Å². The van der Waals surface area contributed by atoms with Crippen LogP contribution in [-0.2, 0) is 4.79 Å². The largest absolute Gasteiger partial charge is 0.481 e. The minimum Gasteiger partial charge on any atom is -0.481 e. The standard InChI is InChI=1S/C16H24N2O3/c1-10(2)6-12(8-15(19)20)9-18-16(21)13-4-5-14(17)11(3)7-13/h4-5,7,10,12H,6,8-9,17H2,1-3H3,(H,18,21)(H,19,20). The van der Waals surface area contributed by atoms with Gasteiger partial charge in [-0.3, -0.25) is 9.59 Å². The minimum absolute atomic E-state index is 0.0543. The lowest BCUT2D eigenvalue weighted by Gasteiger charge is -2.18. The molecular formula is C16H24N2O3. The number of carboxylic acids is 1. The number of carbonyl (C=O) groups is 2. The number of carbonyl (C=O) groups excluding carboxylic acids is 1. The molecule has 21 heavy (non-hydrogen) atoms. The first-order valence-electron chi connectivity index (χ1n) is 7.15. The van der Waals surface area contributed by atoms with Crippen LogP contribution in [0.15, 0.2) is 18.2 Å². The number of nitrogen functional groups attached to an aromatic ring is 1. The highest BCUT2D eigenvalue weighted by Crippen LogP contribution is 2.16. The van der Waals surface area contributed by atoms with E-state index in [0.29, 0.717) is 23.7 Å². The molecule has 0 aliphatic heterocycles. The summed E-state index contributed by atoms with van der Waals surface area (Å²) in [7, 11) is 0. The van der Waals surface area contributed by atoms with Crippen molar-refractivity contribution in [3.63, 3.8) is 0 Å². The molecule has 1 unspecified atom stereocenters. The fraction of sp³-hybridized carbons (Fsp3) is 0.500. The van der Waals surface area contributed by atoms with E-state index in [1.165, 1.54) is 0 Å². The summed E-state index contributed by atoms with van der Waals surface area (Å²) in [6, 6.07) is 5.11. The Hall–Kier alpha value is -2.04. The van der Waals surface area contributed by atoms with Crippen molar-refractivity contribution in [3.8, 4) is 0 Å². The first-order valence-corrected chi connectivity index (χ1v) is 7.15. The second-order valence-corrected chi connectivity index (χ2v) is 5.87. The van der Waals surface area contributed by atoms with Crippen LogP contribution in [0.2, 0.25) is 0 Å². The molecule has 5 nitrogen and oxygen atoms in total. The molecule has 5 heteroatoms. The molecule has 0 spiro atoms. The Kier molecular flexibility index (Phi) is 6.21. The zero-order chi connectivity index (χ0) is 16.0. The lowest BCUT2D eigenvalue weighted by Crippen LogP contribution is -2.31. The van der Waals surface area contributed by atoms with Gasteiger partial charge in [0.1, 0.15) is 0 Å². The Balaban J connectivity index is 2.63. The van der Waals surface area contributed by atoms with Gasteiger partial charge in [0.15, 0.2) is 0 Å². The van der Waals surface area contributed by atoms with Gasteiger partial charge in [-0.05, 0) is 48.9 Å². The Morgan fingerprint density at radius 3 is 2.52 bits per heavy atom. The van der Waals surface area contributed by atoms with Gasteiger partial charge in [-0.15, -0.1) is 0 Å². The Morgan fingerprint density at radius 1 is 1.33 bits per heavy atom. The molecule has 0 saturated carbocycles. The Labute approximate surface area is 125 Å². The van der Waals surface area contributed by atoms with Gasteiger partial charge >= 0.3 is 5.97 Å². The van der Waals surface area contributed by atoms with E-state index in [-0.39, 0.29) is 18.2 Å². The number of nitrogens with two attached hydrogens (primary N) is 1. The van der Waals surface area contributed by atoms with Gasteiger partial charge in [0, 0.05) is 24.2 Å². The van der Waals surface area contributed by atoms with E-state index in [2.05, 4.69) is 5.32 Å². The summed E-state index contributed by atoms with van der Waals surface area (Å²) in [6.07, 6.45) is 0.840. The molecule has 0 radical (unpaired) electrons. The molecular weight excluding hydrogens is 268 g/mol. The molecule has 0 heterocycles. The molecule has 1 aromatic rings. The molecule has 0 saturated heterocycles. The van der Waals surface area contributed by atoms with E-state index >= 15 is 0 Å². The SMILES string of the molecule is Cc1cc(C(=O)NCC(CC(=O)O)CC(C)C)ccc1N. The third-order valence-electron chi connectivity index (χ3n) is 3.35. The lowest BCUT2D eigenvalue weighted by atomic mass is 9.94. The summed E-state index contributed by atoms with van der Waals surface area (Å²) in [4.78, 5) is 22.9. The van der Waals surface area contributed by atoms with Crippen LogP contribution < -0.4 is 11.1 Å². The number of aryl methyl sites for hydroxylation is 1. The summed E-state index contributed by atoms with van der Waals surface area (Å²) >= 11 is 0. The topological polar surface area (TPSA) is 92.4 Å². The molecule has 0 aromatic heterocycles.